The third kappa shape index (κ3) is 5.89. The lowest BCUT2D eigenvalue weighted by Crippen LogP contribution is -3.00. The van der Waals surface area contributed by atoms with E-state index in [1.54, 1.807) is 0 Å². The second-order valence-corrected chi connectivity index (χ2v) is 1.84. The minimum absolute atomic E-state index is 0. The SMILES string of the molecule is C.CCc1ccccc1.[Cl-].[NH4+]. The van der Waals surface area contributed by atoms with Gasteiger partial charge >= 0.3 is 0 Å². The molecule has 66 valence electrons. The van der Waals surface area contributed by atoms with Crippen molar-refractivity contribution in [2.45, 2.75) is 20.8 Å². The van der Waals surface area contributed by atoms with Crippen LogP contribution in [0.15, 0.2) is 30.3 Å². The van der Waals surface area contributed by atoms with Gasteiger partial charge in [-0.2, -0.15) is 0 Å². The van der Waals surface area contributed by atoms with Gasteiger partial charge in [0.15, 0.2) is 0 Å². The van der Waals surface area contributed by atoms with Gasteiger partial charge < -0.3 is 18.6 Å². The molecule has 0 bridgehead atoms. The molecule has 1 aromatic carbocycles. The van der Waals surface area contributed by atoms with Crippen LogP contribution in [0.3, 0.4) is 0 Å². The van der Waals surface area contributed by atoms with E-state index in [2.05, 4.69) is 31.2 Å². The second-order valence-electron chi connectivity index (χ2n) is 1.84. The van der Waals surface area contributed by atoms with Gasteiger partial charge in [0.25, 0.3) is 0 Å². The minimum atomic E-state index is 0. The lowest BCUT2D eigenvalue weighted by molar-refractivity contribution is -0.00000256. The molecule has 0 aliphatic carbocycles. The average Bonchev–Trinajstić information content (AvgIpc) is 1.90. The first kappa shape index (κ1) is 16.8. The molecule has 2 heteroatoms. The summed E-state index contributed by atoms with van der Waals surface area (Å²) in [6.45, 7) is 2.16. The Kier molecular flexibility index (Phi) is 14.5. The van der Waals surface area contributed by atoms with Gasteiger partial charge in [0.1, 0.15) is 0 Å². The summed E-state index contributed by atoms with van der Waals surface area (Å²) in [4.78, 5) is 0. The first-order chi connectivity index (χ1) is 3.93. The topological polar surface area (TPSA) is 36.5 Å². The molecule has 0 aliphatic rings. The maximum Gasteiger partial charge on any atom is -0.0307 e. The van der Waals surface area contributed by atoms with Gasteiger partial charge in [-0.05, 0) is 12.0 Å². The van der Waals surface area contributed by atoms with Crippen LogP contribution in [-0.2, 0) is 6.42 Å². The van der Waals surface area contributed by atoms with Crippen LogP contribution in [0.1, 0.15) is 19.9 Å². The molecule has 0 amide bonds. The smallest absolute Gasteiger partial charge is 0.0307 e. The van der Waals surface area contributed by atoms with E-state index >= 15 is 0 Å². The molecule has 1 aromatic rings. The van der Waals surface area contributed by atoms with E-state index in [4.69, 9.17) is 0 Å². The first-order valence-corrected chi connectivity index (χ1v) is 2.97. The van der Waals surface area contributed by atoms with Gasteiger partial charge in [-0.1, -0.05) is 44.7 Å². The summed E-state index contributed by atoms with van der Waals surface area (Å²) < 4.78 is 0. The van der Waals surface area contributed by atoms with E-state index in [0.717, 1.165) is 6.42 Å². The largest absolute Gasteiger partial charge is 1.00 e. The summed E-state index contributed by atoms with van der Waals surface area (Å²) in [5.74, 6) is 0. The monoisotopic (exact) mass is 175 g/mol. The van der Waals surface area contributed by atoms with Crippen molar-refractivity contribution in [1.82, 2.24) is 6.15 Å². The number of hydrogen-bond donors (Lipinski definition) is 1. The van der Waals surface area contributed by atoms with Gasteiger partial charge in [-0.25, -0.2) is 0 Å². The molecule has 0 saturated carbocycles. The molecule has 1 nitrogen and oxygen atoms in total. The van der Waals surface area contributed by atoms with E-state index in [-0.39, 0.29) is 26.0 Å². The highest BCUT2D eigenvalue weighted by atomic mass is 35.5. The number of aryl methyl sites for hydroxylation is 1. The third-order valence-corrected chi connectivity index (χ3v) is 1.25. The molecule has 1 rings (SSSR count). The molecule has 0 spiro atoms. The van der Waals surface area contributed by atoms with Gasteiger partial charge in [0, 0.05) is 0 Å². The van der Waals surface area contributed by atoms with Crippen molar-refractivity contribution < 1.29 is 12.4 Å². The normalized spacial score (nSPS) is 6.64. The first-order valence-electron chi connectivity index (χ1n) is 2.97. The minimum Gasteiger partial charge on any atom is -1.00 e. The Balaban J connectivity index is -0.000000213. The summed E-state index contributed by atoms with van der Waals surface area (Å²) in [6, 6.07) is 10.5. The molecular formula is C9H18ClN. The highest BCUT2D eigenvalue weighted by molar-refractivity contribution is 5.13. The summed E-state index contributed by atoms with van der Waals surface area (Å²) in [5.41, 5.74) is 1.41. The average molecular weight is 176 g/mol. The van der Waals surface area contributed by atoms with Crippen LogP contribution >= 0.6 is 0 Å². The van der Waals surface area contributed by atoms with Crippen molar-refractivity contribution in [1.29, 1.82) is 0 Å². The Morgan fingerprint density at radius 2 is 1.55 bits per heavy atom. The van der Waals surface area contributed by atoms with Crippen molar-refractivity contribution in [3.63, 3.8) is 0 Å². The molecule has 0 aliphatic heterocycles. The Labute approximate surface area is 75.8 Å². The van der Waals surface area contributed by atoms with Gasteiger partial charge in [-0.3, -0.25) is 0 Å². The van der Waals surface area contributed by atoms with Crippen molar-refractivity contribution in [3.05, 3.63) is 35.9 Å². The van der Waals surface area contributed by atoms with Crippen LogP contribution in [0, 0.1) is 0 Å². The predicted octanol–water partition coefficient (Wildman–Crippen LogP) is 0.265. The van der Waals surface area contributed by atoms with Crippen molar-refractivity contribution in [2.24, 2.45) is 0 Å². The lowest BCUT2D eigenvalue weighted by Gasteiger charge is -1.89. The Morgan fingerprint density at radius 1 is 1.09 bits per heavy atom. The maximum atomic E-state index is 2.16. The lowest BCUT2D eigenvalue weighted by atomic mass is 10.2. The molecule has 0 aromatic heterocycles. The summed E-state index contributed by atoms with van der Waals surface area (Å²) in [5, 5.41) is 0. The van der Waals surface area contributed by atoms with E-state index in [0.29, 0.717) is 0 Å². The standard InChI is InChI=1S/C8H10.CH4.ClH.H3N/c1-2-8-6-4-3-5-7-8;;;/h3-7H,2H2,1H3;1H4;1H;1H3. The fourth-order valence-electron chi connectivity index (χ4n) is 0.714. The van der Waals surface area contributed by atoms with Crippen molar-refractivity contribution in [2.75, 3.05) is 0 Å². The molecule has 0 atom stereocenters. The fourth-order valence-corrected chi connectivity index (χ4v) is 0.714. The van der Waals surface area contributed by atoms with Crippen LogP contribution in [0.4, 0.5) is 0 Å². The zero-order chi connectivity index (χ0) is 5.82. The molecule has 0 heterocycles. The molecule has 0 saturated heterocycles. The van der Waals surface area contributed by atoms with E-state index in [1.165, 1.54) is 5.56 Å². The second kappa shape index (κ2) is 9.47. The molecule has 11 heavy (non-hydrogen) atoms. The van der Waals surface area contributed by atoms with Crippen LogP contribution in [0.25, 0.3) is 0 Å². The van der Waals surface area contributed by atoms with E-state index in [9.17, 15) is 0 Å². The Hall–Kier alpha value is -0.530. The number of hydrogen-bond acceptors (Lipinski definition) is 0. The predicted molar refractivity (Wildman–Crippen MR) is 48.5 cm³/mol. The molecule has 0 radical (unpaired) electrons. The molecule has 0 unspecified atom stereocenters. The summed E-state index contributed by atoms with van der Waals surface area (Å²) in [7, 11) is 0. The van der Waals surface area contributed by atoms with Crippen LogP contribution in [-0.4, -0.2) is 0 Å². The summed E-state index contributed by atoms with van der Waals surface area (Å²) >= 11 is 0. The van der Waals surface area contributed by atoms with Crippen molar-refractivity contribution >= 4 is 0 Å². The van der Waals surface area contributed by atoms with Gasteiger partial charge in [-0.15, -0.1) is 0 Å². The Bertz CT molecular complexity index is 151. The number of quaternary nitrogens is 1. The highest BCUT2D eigenvalue weighted by Crippen LogP contribution is 1.96. The molecule has 4 N–H and O–H groups in total. The van der Waals surface area contributed by atoms with Crippen molar-refractivity contribution in [3.8, 4) is 0 Å². The van der Waals surface area contributed by atoms with Gasteiger partial charge in [0.2, 0.25) is 0 Å². The highest BCUT2D eigenvalue weighted by Gasteiger charge is 1.79. The third-order valence-electron chi connectivity index (χ3n) is 1.25. The van der Waals surface area contributed by atoms with Crippen LogP contribution in [0.2, 0.25) is 0 Å². The van der Waals surface area contributed by atoms with E-state index < -0.39 is 0 Å². The zero-order valence-electron chi connectivity index (χ0n) is 6.47. The van der Waals surface area contributed by atoms with Crippen LogP contribution in [0.5, 0.6) is 0 Å². The fraction of sp³-hybridized carbons (Fsp3) is 0.333. The molecule has 0 fully saturated rings. The zero-order valence-corrected chi connectivity index (χ0v) is 7.23. The van der Waals surface area contributed by atoms with Crippen LogP contribution < -0.4 is 18.6 Å². The number of rotatable bonds is 1. The quantitative estimate of drug-likeness (QED) is 0.636. The molecular weight excluding hydrogens is 158 g/mol. The van der Waals surface area contributed by atoms with E-state index in [1.807, 2.05) is 6.07 Å². The number of halogens is 1. The summed E-state index contributed by atoms with van der Waals surface area (Å²) in [6.07, 6.45) is 1.14. The van der Waals surface area contributed by atoms with Gasteiger partial charge in [0.05, 0.1) is 0 Å². The number of benzene rings is 1. The maximum absolute atomic E-state index is 2.16. The Morgan fingerprint density at radius 3 is 1.82 bits per heavy atom.